The third kappa shape index (κ3) is 5.71. The molecule has 0 aliphatic rings. The number of nitrogens with one attached hydrogen (secondary N) is 1. The van der Waals surface area contributed by atoms with Gasteiger partial charge in [-0.3, -0.25) is 0 Å². The second kappa shape index (κ2) is 8.61. The van der Waals surface area contributed by atoms with Crippen LogP contribution < -0.4 is 5.32 Å². The van der Waals surface area contributed by atoms with Crippen molar-refractivity contribution in [3.63, 3.8) is 0 Å². The first-order valence-corrected chi connectivity index (χ1v) is 8.06. The van der Waals surface area contributed by atoms with Gasteiger partial charge in [0.25, 0.3) is 0 Å². The minimum absolute atomic E-state index is 0.0632. The maximum atomic E-state index is 12.0. The average Bonchev–Trinajstić information content (AvgIpc) is 2.93. The molecule has 0 spiro atoms. The summed E-state index contributed by atoms with van der Waals surface area (Å²) in [6.45, 7) is 8.08. The van der Waals surface area contributed by atoms with Crippen molar-refractivity contribution in [3.8, 4) is 0 Å². The standard InChI is InChI=1S/C14H23N3O3S/c1-4-10(3)8-17(5-2)14(20)15-7-6-12-16-11(9-21-12)13(18)19/h9-10H,4-8H2,1-3H3,(H,15,20)(H,18,19). The van der Waals surface area contributed by atoms with Crippen LogP contribution in [0.4, 0.5) is 4.79 Å². The molecule has 0 bridgehead atoms. The van der Waals surface area contributed by atoms with E-state index in [0.29, 0.717) is 25.4 Å². The molecule has 7 heteroatoms. The van der Waals surface area contributed by atoms with Crippen LogP contribution in [0.15, 0.2) is 5.38 Å². The van der Waals surface area contributed by atoms with Gasteiger partial charge in [-0.1, -0.05) is 20.3 Å². The van der Waals surface area contributed by atoms with Crippen molar-refractivity contribution >= 4 is 23.3 Å². The van der Waals surface area contributed by atoms with E-state index in [2.05, 4.69) is 24.1 Å². The van der Waals surface area contributed by atoms with Crippen LogP contribution in [-0.2, 0) is 6.42 Å². The van der Waals surface area contributed by atoms with Gasteiger partial charge in [0.1, 0.15) is 0 Å². The molecule has 0 aromatic carbocycles. The minimum atomic E-state index is -1.02. The van der Waals surface area contributed by atoms with Gasteiger partial charge in [0.2, 0.25) is 0 Å². The smallest absolute Gasteiger partial charge is 0.355 e. The van der Waals surface area contributed by atoms with E-state index >= 15 is 0 Å². The van der Waals surface area contributed by atoms with Gasteiger partial charge in [-0.2, -0.15) is 0 Å². The zero-order chi connectivity index (χ0) is 15.8. The number of carboxylic acid groups (broad SMARTS) is 1. The van der Waals surface area contributed by atoms with Crippen LogP contribution >= 0.6 is 11.3 Å². The van der Waals surface area contributed by atoms with E-state index in [-0.39, 0.29) is 11.7 Å². The van der Waals surface area contributed by atoms with Crippen LogP contribution in [0, 0.1) is 5.92 Å². The van der Waals surface area contributed by atoms with Gasteiger partial charge in [0.05, 0.1) is 5.01 Å². The molecule has 2 amide bonds. The van der Waals surface area contributed by atoms with E-state index in [9.17, 15) is 9.59 Å². The Labute approximate surface area is 129 Å². The summed E-state index contributed by atoms with van der Waals surface area (Å²) >= 11 is 1.30. The molecular weight excluding hydrogens is 290 g/mol. The highest BCUT2D eigenvalue weighted by molar-refractivity contribution is 7.09. The molecule has 1 heterocycles. The number of hydrogen-bond donors (Lipinski definition) is 2. The van der Waals surface area contributed by atoms with Gasteiger partial charge in [-0.25, -0.2) is 14.6 Å². The highest BCUT2D eigenvalue weighted by Crippen LogP contribution is 2.10. The van der Waals surface area contributed by atoms with Crippen molar-refractivity contribution in [2.45, 2.75) is 33.6 Å². The lowest BCUT2D eigenvalue weighted by molar-refractivity contribution is 0.0691. The summed E-state index contributed by atoms with van der Waals surface area (Å²) in [6, 6.07) is -0.0761. The number of aromatic carboxylic acids is 1. The summed E-state index contributed by atoms with van der Waals surface area (Å²) in [6.07, 6.45) is 1.59. The third-order valence-electron chi connectivity index (χ3n) is 3.28. The van der Waals surface area contributed by atoms with Gasteiger partial charge in [0.15, 0.2) is 5.69 Å². The van der Waals surface area contributed by atoms with Gasteiger partial charge >= 0.3 is 12.0 Å². The van der Waals surface area contributed by atoms with Crippen LogP contribution in [0.25, 0.3) is 0 Å². The summed E-state index contributed by atoms with van der Waals surface area (Å²) in [5, 5.41) is 13.9. The molecule has 1 aromatic heterocycles. The lowest BCUT2D eigenvalue weighted by atomic mass is 10.1. The Kier molecular flexibility index (Phi) is 7.14. The van der Waals surface area contributed by atoms with Crippen molar-refractivity contribution in [1.29, 1.82) is 0 Å². The minimum Gasteiger partial charge on any atom is -0.476 e. The van der Waals surface area contributed by atoms with Crippen molar-refractivity contribution in [2.75, 3.05) is 19.6 Å². The predicted octanol–water partition coefficient (Wildman–Crippen LogP) is 2.46. The predicted molar refractivity (Wildman–Crippen MR) is 82.9 cm³/mol. The highest BCUT2D eigenvalue weighted by Gasteiger charge is 2.14. The van der Waals surface area contributed by atoms with Crippen LogP contribution in [0.1, 0.15) is 42.7 Å². The van der Waals surface area contributed by atoms with E-state index < -0.39 is 5.97 Å². The first-order valence-electron chi connectivity index (χ1n) is 7.18. The largest absolute Gasteiger partial charge is 0.476 e. The quantitative estimate of drug-likeness (QED) is 0.772. The Balaban J connectivity index is 2.39. The number of hydrogen-bond acceptors (Lipinski definition) is 4. The molecule has 0 radical (unpaired) electrons. The van der Waals surface area contributed by atoms with Crippen molar-refractivity contribution in [2.24, 2.45) is 5.92 Å². The Morgan fingerprint density at radius 1 is 1.48 bits per heavy atom. The number of rotatable bonds is 8. The molecule has 1 aromatic rings. The zero-order valence-electron chi connectivity index (χ0n) is 12.8. The van der Waals surface area contributed by atoms with Crippen LogP contribution in [-0.4, -0.2) is 46.6 Å². The van der Waals surface area contributed by atoms with E-state index in [0.717, 1.165) is 18.0 Å². The van der Waals surface area contributed by atoms with Gasteiger partial charge in [-0.15, -0.1) is 11.3 Å². The number of nitrogens with zero attached hydrogens (tertiary/aromatic N) is 2. The Bertz CT molecular complexity index is 476. The first kappa shape index (κ1) is 17.4. The summed E-state index contributed by atoms with van der Waals surface area (Å²) < 4.78 is 0. The Hall–Kier alpha value is -1.63. The van der Waals surface area contributed by atoms with Gasteiger partial charge in [0, 0.05) is 31.4 Å². The third-order valence-corrected chi connectivity index (χ3v) is 4.19. The fourth-order valence-corrected chi connectivity index (χ4v) is 2.55. The second-order valence-corrected chi connectivity index (χ2v) is 5.91. The molecule has 0 saturated carbocycles. The molecule has 118 valence electrons. The fraction of sp³-hybridized carbons (Fsp3) is 0.643. The molecule has 0 aliphatic carbocycles. The topological polar surface area (TPSA) is 82.5 Å². The second-order valence-electron chi connectivity index (χ2n) is 4.97. The lowest BCUT2D eigenvalue weighted by Crippen LogP contribution is -2.42. The van der Waals surface area contributed by atoms with Gasteiger partial charge < -0.3 is 15.3 Å². The van der Waals surface area contributed by atoms with Crippen molar-refractivity contribution < 1.29 is 14.7 Å². The maximum absolute atomic E-state index is 12.0. The number of amides is 2. The molecule has 21 heavy (non-hydrogen) atoms. The van der Waals surface area contributed by atoms with Crippen molar-refractivity contribution in [1.82, 2.24) is 15.2 Å². The number of carboxylic acids is 1. The van der Waals surface area contributed by atoms with Gasteiger partial charge in [-0.05, 0) is 12.8 Å². The van der Waals surface area contributed by atoms with E-state index in [1.807, 2.05) is 6.92 Å². The monoisotopic (exact) mass is 313 g/mol. The normalized spacial score (nSPS) is 12.0. The summed E-state index contributed by atoms with van der Waals surface area (Å²) in [4.78, 5) is 28.5. The van der Waals surface area contributed by atoms with Crippen LogP contribution in [0.2, 0.25) is 0 Å². The molecule has 0 saturated heterocycles. The molecule has 0 aliphatic heterocycles. The summed E-state index contributed by atoms with van der Waals surface area (Å²) in [5.41, 5.74) is 0.0632. The summed E-state index contributed by atoms with van der Waals surface area (Å²) in [7, 11) is 0. The highest BCUT2D eigenvalue weighted by atomic mass is 32.1. The molecule has 1 unspecified atom stereocenters. The van der Waals surface area contributed by atoms with Crippen LogP contribution in [0.5, 0.6) is 0 Å². The van der Waals surface area contributed by atoms with Crippen LogP contribution in [0.3, 0.4) is 0 Å². The fourth-order valence-electron chi connectivity index (χ4n) is 1.77. The molecule has 0 fully saturated rings. The van der Waals surface area contributed by atoms with E-state index in [4.69, 9.17) is 5.11 Å². The average molecular weight is 313 g/mol. The lowest BCUT2D eigenvalue weighted by Gasteiger charge is -2.24. The SMILES string of the molecule is CCC(C)CN(CC)C(=O)NCCc1nc(C(=O)O)cs1. The molecular formula is C14H23N3O3S. The number of thiazole rings is 1. The molecule has 1 atom stereocenters. The van der Waals surface area contributed by atoms with E-state index in [1.54, 1.807) is 4.90 Å². The zero-order valence-corrected chi connectivity index (χ0v) is 13.6. The summed E-state index contributed by atoms with van der Waals surface area (Å²) in [5.74, 6) is -0.542. The molecule has 2 N–H and O–H groups in total. The number of carbonyl (C=O) groups excluding carboxylic acids is 1. The Morgan fingerprint density at radius 3 is 2.71 bits per heavy atom. The number of carbonyl (C=O) groups is 2. The number of aromatic nitrogens is 1. The maximum Gasteiger partial charge on any atom is 0.355 e. The van der Waals surface area contributed by atoms with Crippen molar-refractivity contribution in [3.05, 3.63) is 16.1 Å². The Morgan fingerprint density at radius 2 is 2.19 bits per heavy atom. The number of urea groups is 1. The first-order chi connectivity index (χ1) is 9.97. The van der Waals surface area contributed by atoms with E-state index in [1.165, 1.54) is 16.7 Å². The molecule has 6 nitrogen and oxygen atoms in total. The molecule has 1 rings (SSSR count).